The third kappa shape index (κ3) is 3.48. The maximum absolute atomic E-state index is 12.1. The number of carbonyl (C=O) groups is 1. The highest BCUT2D eigenvalue weighted by Gasteiger charge is 2.54. The Morgan fingerprint density at radius 2 is 1.88 bits per heavy atom. The Morgan fingerprint density at radius 3 is 2.54 bits per heavy atom. The van der Waals surface area contributed by atoms with E-state index >= 15 is 0 Å². The molecule has 2 fully saturated rings. The highest BCUT2D eigenvalue weighted by Crippen LogP contribution is 2.39. The quantitative estimate of drug-likeness (QED) is 0.743. The second kappa shape index (κ2) is 7.36. The van der Waals surface area contributed by atoms with Gasteiger partial charge in [-0.3, -0.25) is 0 Å². The van der Waals surface area contributed by atoms with Crippen LogP contribution in [0.4, 0.5) is 0 Å². The van der Waals surface area contributed by atoms with Crippen molar-refractivity contribution in [3.63, 3.8) is 0 Å². The lowest BCUT2D eigenvalue weighted by molar-refractivity contribution is -0.221. The molecule has 7 heteroatoms. The van der Waals surface area contributed by atoms with Crippen LogP contribution in [0.2, 0.25) is 0 Å². The van der Waals surface area contributed by atoms with Crippen molar-refractivity contribution in [1.29, 1.82) is 0 Å². The van der Waals surface area contributed by atoms with Gasteiger partial charge in [-0.25, -0.2) is 4.79 Å². The minimum absolute atomic E-state index is 0.293. The van der Waals surface area contributed by atoms with E-state index in [9.17, 15) is 4.79 Å². The standard InChI is InChI=1S/C19H24O7/c1-19(2)25-15-13(24-18(23-5)16(15)26-19)10-9-11-7-6-8-12(21-3)14(11)17(20)22-4/h6-10,13,15-16,18H,1-5H3/b10-9+/t13-,15-,16-,18-/m1/s1. The summed E-state index contributed by atoms with van der Waals surface area (Å²) < 4.78 is 33.2. The number of hydrogen-bond donors (Lipinski definition) is 0. The first-order valence-corrected chi connectivity index (χ1v) is 8.37. The van der Waals surface area contributed by atoms with E-state index in [2.05, 4.69) is 0 Å². The first-order chi connectivity index (χ1) is 12.4. The van der Waals surface area contributed by atoms with Gasteiger partial charge in [0.1, 0.15) is 29.6 Å². The van der Waals surface area contributed by atoms with E-state index in [1.54, 1.807) is 31.4 Å². The minimum atomic E-state index is -0.699. The van der Waals surface area contributed by atoms with Crippen molar-refractivity contribution < 1.29 is 33.2 Å². The predicted molar refractivity (Wildman–Crippen MR) is 92.9 cm³/mol. The maximum atomic E-state index is 12.1. The summed E-state index contributed by atoms with van der Waals surface area (Å²) in [6.45, 7) is 3.71. The Labute approximate surface area is 152 Å². The fourth-order valence-corrected chi connectivity index (χ4v) is 3.31. The number of rotatable bonds is 5. The number of hydrogen-bond acceptors (Lipinski definition) is 7. The monoisotopic (exact) mass is 364 g/mol. The minimum Gasteiger partial charge on any atom is -0.496 e. The van der Waals surface area contributed by atoms with Crippen molar-refractivity contribution in [2.45, 2.75) is 44.2 Å². The van der Waals surface area contributed by atoms with Gasteiger partial charge in [0.15, 0.2) is 12.1 Å². The summed E-state index contributed by atoms with van der Waals surface area (Å²) >= 11 is 0. The molecule has 1 aromatic carbocycles. The third-order valence-electron chi connectivity index (χ3n) is 4.41. The van der Waals surface area contributed by atoms with Crippen LogP contribution in [0.1, 0.15) is 29.8 Å². The maximum Gasteiger partial charge on any atom is 0.342 e. The zero-order valence-corrected chi connectivity index (χ0v) is 15.6. The molecule has 2 aliphatic rings. The lowest BCUT2D eigenvalue weighted by Gasteiger charge is -2.22. The molecular formula is C19H24O7. The van der Waals surface area contributed by atoms with Crippen LogP contribution in [-0.2, 0) is 23.7 Å². The number of esters is 1. The Bertz CT molecular complexity index is 697. The first-order valence-electron chi connectivity index (χ1n) is 8.37. The summed E-state index contributed by atoms with van der Waals surface area (Å²) in [6.07, 6.45) is 2.14. The van der Waals surface area contributed by atoms with Gasteiger partial charge in [0.05, 0.1) is 14.2 Å². The molecule has 2 aliphatic heterocycles. The molecule has 1 aromatic rings. The topological polar surface area (TPSA) is 72.5 Å². The Kier molecular flexibility index (Phi) is 5.34. The molecule has 0 N–H and O–H groups in total. The fourth-order valence-electron chi connectivity index (χ4n) is 3.31. The molecule has 0 radical (unpaired) electrons. The van der Waals surface area contributed by atoms with Gasteiger partial charge in [0.25, 0.3) is 0 Å². The zero-order chi connectivity index (χ0) is 18.9. The molecule has 7 nitrogen and oxygen atoms in total. The molecule has 0 saturated carbocycles. The highest BCUT2D eigenvalue weighted by molar-refractivity contribution is 5.96. The SMILES string of the molecule is COC(=O)c1c(/C=C/[C@H]2O[C@@H](OC)[C@@H]3OC(C)(C)O[C@@H]32)cccc1OC. The van der Waals surface area contributed by atoms with E-state index in [1.165, 1.54) is 14.2 Å². The second-order valence-electron chi connectivity index (χ2n) is 6.54. The summed E-state index contributed by atoms with van der Waals surface area (Å²) in [5, 5.41) is 0. The molecule has 0 unspecified atom stereocenters. The molecule has 0 aromatic heterocycles. The van der Waals surface area contributed by atoms with Gasteiger partial charge >= 0.3 is 5.97 Å². The lowest BCUT2D eigenvalue weighted by atomic mass is 10.0. The van der Waals surface area contributed by atoms with Crippen molar-refractivity contribution in [3.8, 4) is 5.75 Å². The Balaban J connectivity index is 1.87. The number of benzene rings is 1. The predicted octanol–water partition coefficient (Wildman–Crippen LogP) is 2.39. The highest BCUT2D eigenvalue weighted by atomic mass is 16.8. The van der Waals surface area contributed by atoms with E-state index in [0.717, 1.165) is 0 Å². The van der Waals surface area contributed by atoms with Gasteiger partial charge in [-0.05, 0) is 25.5 Å². The molecule has 0 aliphatic carbocycles. The normalized spacial score (nSPS) is 29.7. The summed E-state index contributed by atoms with van der Waals surface area (Å²) in [7, 11) is 4.41. The van der Waals surface area contributed by atoms with E-state index < -0.39 is 18.0 Å². The summed E-state index contributed by atoms with van der Waals surface area (Å²) in [5.74, 6) is -0.723. The number of fused-ring (bicyclic) bond motifs is 1. The summed E-state index contributed by atoms with van der Waals surface area (Å²) in [4.78, 5) is 12.1. The molecule has 0 spiro atoms. The van der Waals surface area contributed by atoms with Gasteiger partial charge in [-0.15, -0.1) is 0 Å². The van der Waals surface area contributed by atoms with Crippen LogP contribution in [0.15, 0.2) is 24.3 Å². The molecular weight excluding hydrogens is 340 g/mol. The van der Waals surface area contributed by atoms with Crippen molar-refractivity contribution in [2.75, 3.05) is 21.3 Å². The van der Waals surface area contributed by atoms with Crippen molar-refractivity contribution in [2.24, 2.45) is 0 Å². The second-order valence-corrected chi connectivity index (χ2v) is 6.54. The molecule has 142 valence electrons. The molecule has 0 amide bonds. The largest absolute Gasteiger partial charge is 0.496 e. The number of methoxy groups -OCH3 is 3. The van der Waals surface area contributed by atoms with Gasteiger partial charge in [0.2, 0.25) is 0 Å². The van der Waals surface area contributed by atoms with Crippen LogP contribution in [0, 0.1) is 0 Å². The van der Waals surface area contributed by atoms with Gasteiger partial charge < -0.3 is 28.4 Å². The zero-order valence-electron chi connectivity index (χ0n) is 15.6. The Morgan fingerprint density at radius 1 is 1.15 bits per heavy atom. The average molecular weight is 364 g/mol. The molecule has 4 atom stereocenters. The van der Waals surface area contributed by atoms with Crippen molar-refractivity contribution in [1.82, 2.24) is 0 Å². The van der Waals surface area contributed by atoms with E-state index in [-0.39, 0.29) is 18.3 Å². The number of carbonyl (C=O) groups excluding carboxylic acids is 1. The van der Waals surface area contributed by atoms with Crippen molar-refractivity contribution >= 4 is 12.0 Å². The fraction of sp³-hybridized carbons (Fsp3) is 0.526. The summed E-state index contributed by atoms with van der Waals surface area (Å²) in [6, 6.07) is 5.32. The smallest absolute Gasteiger partial charge is 0.342 e. The van der Waals surface area contributed by atoms with E-state index in [0.29, 0.717) is 16.9 Å². The van der Waals surface area contributed by atoms with Crippen LogP contribution in [0.3, 0.4) is 0 Å². The van der Waals surface area contributed by atoms with E-state index in [4.69, 9.17) is 28.4 Å². The first kappa shape index (κ1) is 18.8. The lowest BCUT2D eigenvalue weighted by Crippen LogP contribution is -2.30. The molecule has 26 heavy (non-hydrogen) atoms. The molecule has 3 rings (SSSR count). The third-order valence-corrected chi connectivity index (χ3v) is 4.41. The Hall–Kier alpha value is -1.93. The van der Waals surface area contributed by atoms with Crippen LogP contribution in [0.25, 0.3) is 6.08 Å². The van der Waals surface area contributed by atoms with Gasteiger partial charge in [-0.2, -0.15) is 0 Å². The molecule has 2 heterocycles. The molecule has 2 saturated heterocycles. The number of ether oxygens (including phenoxy) is 6. The van der Waals surface area contributed by atoms with Crippen molar-refractivity contribution in [3.05, 3.63) is 35.4 Å². The van der Waals surface area contributed by atoms with Crippen LogP contribution < -0.4 is 4.74 Å². The van der Waals surface area contributed by atoms with E-state index in [1.807, 2.05) is 19.9 Å². The van der Waals surface area contributed by atoms with Crippen LogP contribution >= 0.6 is 0 Å². The van der Waals surface area contributed by atoms with Gasteiger partial charge in [-0.1, -0.05) is 24.3 Å². The average Bonchev–Trinajstić information content (AvgIpc) is 3.11. The summed E-state index contributed by atoms with van der Waals surface area (Å²) in [5.41, 5.74) is 1.02. The molecule has 0 bridgehead atoms. The van der Waals surface area contributed by atoms with Crippen LogP contribution in [0.5, 0.6) is 5.75 Å². The van der Waals surface area contributed by atoms with Gasteiger partial charge in [0, 0.05) is 7.11 Å². The van der Waals surface area contributed by atoms with Crippen LogP contribution in [-0.4, -0.2) is 57.7 Å².